The number of hydrogen-bond acceptors (Lipinski definition) is 0. The zero-order chi connectivity index (χ0) is 11.7. The van der Waals surface area contributed by atoms with E-state index in [1.807, 2.05) is 13.8 Å². The molecule has 1 atom stereocenters. The monoisotopic (exact) mass is 206 g/mol. The molecule has 0 saturated carbocycles. The molecule has 0 bridgehead atoms. The van der Waals surface area contributed by atoms with Gasteiger partial charge in [0.25, 0.3) is 0 Å². The van der Waals surface area contributed by atoms with Crippen molar-refractivity contribution < 1.29 is 0 Å². The van der Waals surface area contributed by atoms with E-state index in [0.29, 0.717) is 0 Å². The molecule has 0 fully saturated rings. The minimum Gasteiger partial charge on any atom is -0.0683 e. The van der Waals surface area contributed by atoms with Gasteiger partial charge in [0.05, 0.1) is 0 Å². The lowest BCUT2D eigenvalue weighted by Crippen LogP contribution is -2.10. The molecule has 0 saturated heterocycles. The van der Waals surface area contributed by atoms with E-state index in [9.17, 15) is 0 Å². The van der Waals surface area contributed by atoms with Crippen LogP contribution >= 0.6 is 0 Å². The van der Waals surface area contributed by atoms with Crippen LogP contribution in [0.1, 0.15) is 46.6 Å². The van der Waals surface area contributed by atoms with Gasteiger partial charge < -0.3 is 0 Å². The Bertz CT molecular complexity index is 223. The average Bonchev–Trinajstić information content (AvgIpc) is 2.29. The van der Waals surface area contributed by atoms with Crippen molar-refractivity contribution in [3.63, 3.8) is 0 Å². The van der Waals surface area contributed by atoms with Gasteiger partial charge in [0.15, 0.2) is 0 Å². The Morgan fingerprint density at radius 2 is 1.53 bits per heavy atom. The van der Waals surface area contributed by atoms with E-state index in [1.165, 1.54) is 18.4 Å². The SMILES string of the molecule is CC.CC[C@@H](Cc1ccccc1)C(C)C. The van der Waals surface area contributed by atoms with Crippen LogP contribution in [0.3, 0.4) is 0 Å². The number of benzene rings is 1. The summed E-state index contributed by atoms with van der Waals surface area (Å²) in [5.41, 5.74) is 1.48. The molecule has 0 aliphatic carbocycles. The molecule has 0 N–H and O–H groups in total. The second-order valence-electron chi connectivity index (χ2n) is 4.10. The highest BCUT2D eigenvalue weighted by molar-refractivity contribution is 5.15. The third kappa shape index (κ3) is 5.61. The summed E-state index contributed by atoms with van der Waals surface area (Å²) in [5, 5.41) is 0. The van der Waals surface area contributed by atoms with Crippen molar-refractivity contribution in [2.24, 2.45) is 11.8 Å². The van der Waals surface area contributed by atoms with Crippen molar-refractivity contribution in [3.8, 4) is 0 Å². The van der Waals surface area contributed by atoms with Crippen LogP contribution in [-0.2, 0) is 6.42 Å². The summed E-state index contributed by atoms with van der Waals surface area (Å²) in [6.07, 6.45) is 2.52. The molecular formula is C15H26. The maximum absolute atomic E-state index is 2.32. The van der Waals surface area contributed by atoms with Crippen LogP contribution in [0.25, 0.3) is 0 Å². The van der Waals surface area contributed by atoms with Crippen molar-refractivity contribution in [1.82, 2.24) is 0 Å². The lowest BCUT2D eigenvalue weighted by atomic mass is 9.87. The standard InChI is InChI=1S/C13H20.C2H6/c1-4-13(11(2)3)10-12-8-6-5-7-9-12;1-2/h5-9,11,13H,4,10H2,1-3H3;1-2H3/t13-;/m0./s1. The van der Waals surface area contributed by atoms with Gasteiger partial charge in [-0.25, -0.2) is 0 Å². The Kier molecular flexibility index (Phi) is 8.08. The van der Waals surface area contributed by atoms with Gasteiger partial charge in [0.2, 0.25) is 0 Å². The molecule has 0 radical (unpaired) electrons. The number of rotatable bonds is 4. The van der Waals surface area contributed by atoms with Crippen molar-refractivity contribution >= 4 is 0 Å². The Morgan fingerprint density at radius 3 is 1.93 bits per heavy atom. The molecule has 0 amide bonds. The van der Waals surface area contributed by atoms with Crippen molar-refractivity contribution in [3.05, 3.63) is 35.9 Å². The summed E-state index contributed by atoms with van der Waals surface area (Å²) in [4.78, 5) is 0. The summed E-state index contributed by atoms with van der Waals surface area (Å²) in [5.74, 6) is 1.63. The summed E-state index contributed by atoms with van der Waals surface area (Å²) in [6.45, 7) is 10.9. The molecule has 1 rings (SSSR count). The first kappa shape index (κ1) is 14.2. The molecule has 0 unspecified atom stereocenters. The summed E-state index contributed by atoms with van der Waals surface area (Å²) in [7, 11) is 0. The molecule has 86 valence electrons. The van der Waals surface area contributed by atoms with Crippen LogP contribution in [0, 0.1) is 11.8 Å². The normalized spacial score (nSPS) is 11.9. The third-order valence-corrected chi connectivity index (χ3v) is 2.81. The molecule has 15 heavy (non-hydrogen) atoms. The molecule has 0 heterocycles. The van der Waals surface area contributed by atoms with E-state index < -0.39 is 0 Å². The molecular weight excluding hydrogens is 180 g/mol. The highest BCUT2D eigenvalue weighted by atomic mass is 14.2. The molecule has 1 aromatic carbocycles. The fourth-order valence-corrected chi connectivity index (χ4v) is 1.77. The van der Waals surface area contributed by atoms with Crippen LogP contribution in [-0.4, -0.2) is 0 Å². The quantitative estimate of drug-likeness (QED) is 0.654. The second-order valence-corrected chi connectivity index (χ2v) is 4.10. The Labute approximate surface area is 95.7 Å². The van der Waals surface area contributed by atoms with Gasteiger partial charge in [0.1, 0.15) is 0 Å². The first-order valence-electron chi connectivity index (χ1n) is 6.28. The van der Waals surface area contributed by atoms with Gasteiger partial charge in [0, 0.05) is 0 Å². The summed E-state index contributed by atoms with van der Waals surface area (Å²) >= 11 is 0. The van der Waals surface area contributed by atoms with Gasteiger partial charge in [-0.15, -0.1) is 0 Å². The molecule has 0 aliphatic rings. The molecule has 1 aromatic rings. The van der Waals surface area contributed by atoms with Gasteiger partial charge >= 0.3 is 0 Å². The molecule has 0 heteroatoms. The van der Waals surface area contributed by atoms with Gasteiger partial charge in [-0.05, 0) is 23.8 Å². The lowest BCUT2D eigenvalue weighted by Gasteiger charge is -2.18. The first-order valence-corrected chi connectivity index (χ1v) is 6.28. The molecule has 0 spiro atoms. The minimum atomic E-state index is 0.796. The van der Waals surface area contributed by atoms with Crippen molar-refractivity contribution in [2.75, 3.05) is 0 Å². The predicted molar refractivity (Wildman–Crippen MR) is 70.1 cm³/mol. The smallest absolute Gasteiger partial charge is 0.0248 e. The predicted octanol–water partition coefficient (Wildman–Crippen LogP) is 4.94. The van der Waals surface area contributed by atoms with E-state index in [2.05, 4.69) is 51.1 Å². The van der Waals surface area contributed by atoms with Crippen molar-refractivity contribution in [2.45, 2.75) is 47.5 Å². The molecule has 0 aromatic heterocycles. The van der Waals surface area contributed by atoms with Gasteiger partial charge in [-0.3, -0.25) is 0 Å². The topological polar surface area (TPSA) is 0 Å². The van der Waals surface area contributed by atoms with Gasteiger partial charge in [-0.2, -0.15) is 0 Å². The van der Waals surface area contributed by atoms with Crippen LogP contribution in [0.5, 0.6) is 0 Å². The Morgan fingerprint density at radius 1 is 1.00 bits per heavy atom. The largest absolute Gasteiger partial charge is 0.0683 e. The zero-order valence-corrected chi connectivity index (χ0v) is 11.0. The van der Waals surface area contributed by atoms with Crippen LogP contribution in [0.2, 0.25) is 0 Å². The van der Waals surface area contributed by atoms with E-state index in [4.69, 9.17) is 0 Å². The van der Waals surface area contributed by atoms with Crippen LogP contribution in [0.4, 0.5) is 0 Å². The van der Waals surface area contributed by atoms with Crippen LogP contribution < -0.4 is 0 Å². The fraction of sp³-hybridized carbons (Fsp3) is 0.600. The number of hydrogen-bond donors (Lipinski definition) is 0. The lowest BCUT2D eigenvalue weighted by molar-refractivity contribution is 0.371. The zero-order valence-electron chi connectivity index (χ0n) is 11.0. The highest BCUT2D eigenvalue weighted by Crippen LogP contribution is 2.19. The van der Waals surface area contributed by atoms with E-state index in [-0.39, 0.29) is 0 Å². The Balaban J connectivity index is 0.000000921. The highest BCUT2D eigenvalue weighted by Gasteiger charge is 2.10. The van der Waals surface area contributed by atoms with Crippen molar-refractivity contribution in [1.29, 1.82) is 0 Å². The molecule has 0 aliphatic heterocycles. The third-order valence-electron chi connectivity index (χ3n) is 2.81. The first-order chi connectivity index (χ1) is 7.24. The molecule has 0 nitrogen and oxygen atoms in total. The second kappa shape index (κ2) is 8.52. The van der Waals surface area contributed by atoms with E-state index in [0.717, 1.165) is 11.8 Å². The van der Waals surface area contributed by atoms with E-state index in [1.54, 1.807) is 0 Å². The van der Waals surface area contributed by atoms with Gasteiger partial charge in [-0.1, -0.05) is 71.4 Å². The maximum Gasteiger partial charge on any atom is -0.0248 e. The summed E-state index contributed by atoms with van der Waals surface area (Å²) < 4.78 is 0. The fourth-order valence-electron chi connectivity index (χ4n) is 1.77. The Hall–Kier alpha value is -0.780. The maximum atomic E-state index is 2.32. The van der Waals surface area contributed by atoms with Crippen LogP contribution in [0.15, 0.2) is 30.3 Å². The summed E-state index contributed by atoms with van der Waals surface area (Å²) in [6, 6.07) is 10.8. The average molecular weight is 206 g/mol. The minimum absolute atomic E-state index is 0.796. The van der Waals surface area contributed by atoms with E-state index >= 15 is 0 Å².